The van der Waals surface area contributed by atoms with Gasteiger partial charge in [0, 0.05) is 19.6 Å². The first-order valence-electron chi connectivity index (χ1n) is 4.66. The largest absolute Gasteiger partial charge is 0.329 e. The third kappa shape index (κ3) is 4.66. The lowest BCUT2D eigenvalue weighted by Crippen LogP contribution is -2.49. The van der Waals surface area contributed by atoms with Crippen molar-refractivity contribution in [3.63, 3.8) is 0 Å². The second-order valence-electron chi connectivity index (χ2n) is 2.79. The van der Waals surface area contributed by atoms with E-state index in [-0.39, 0.29) is 6.17 Å². The van der Waals surface area contributed by atoms with Gasteiger partial charge in [0.25, 0.3) is 0 Å². The first-order chi connectivity index (χ1) is 5.76. The Balaban J connectivity index is 3.60. The third-order valence-electron chi connectivity index (χ3n) is 1.89. The van der Waals surface area contributed by atoms with Gasteiger partial charge in [-0.3, -0.25) is 4.90 Å². The Morgan fingerprint density at radius 2 is 2.08 bits per heavy atom. The highest BCUT2D eigenvalue weighted by atomic mass is 15.2. The predicted octanol–water partition coefficient (Wildman–Crippen LogP) is -0.839. The molecule has 0 saturated heterocycles. The lowest BCUT2D eigenvalue weighted by molar-refractivity contribution is 0.212. The van der Waals surface area contributed by atoms with Crippen LogP contribution >= 0.6 is 0 Å². The van der Waals surface area contributed by atoms with E-state index in [2.05, 4.69) is 24.1 Å². The predicted molar refractivity (Wildman–Crippen MR) is 52.8 cm³/mol. The van der Waals surface area contributed by atoms with Gasteiger partial charge in [-0.15, -0.1) is 0 Å². The Hall–Kier alpha value is -0.160. The van der Waals surface area contributed by atoms with E-state index in [1.54, 1.807) is 0 Å². The molecule has 5 N–H and O–H groups in total. The average Bonchev–Trinajstić information content (AvgIpc) is 2.10. The molecule has 4 heteroatoms. The second kappa shape index (κ2) is 7.49. The van der Waals surface area contributed by atoms with Crippen molar-refractivity contribution in [3.8, 4) is 0 Å². The zero-order valence-electron chi connectivity index (χ0n) is 8.21. The Kier molecular flexibility index (Phi) is 7.39. The summed E-state index contributed by atoms with van der Waals surface area (Å²) in [4.78, 5) is 2.17. The number of hydrogen-bond donors (Lipinski definition) is 3. The number of rotatable bonds is 7. The number of nitrogens with one attached hydrogen (secondary N) is 1. The van der Waals surface area contributed by atoms with Crippen molar-refractivity contribution in [1.82, 2.24) is 10.2 Å². The second-order valence-corrected chi connectivity index (χ2v) is 2.79. The van der Waals surface area contributed by atoms with Gasteiger partial charge in [-0.05, 0) is 13.1 Å². The van der Waals surface area contributed by atoms with Crippen LogP contribution in [0.4, 0.5) is 0 Å². The molecular formula is C8H22N4. The van der Waals surface area contributed by atoms with Crippen LogP contribution in [0.2, 0.25) is 0 Å². The van der Waals surface area contributed by atoms with E-state index in [9.17, 15) is 0 Å². The monoisotopic (exact) mass is 174 g/mol. The number of hydrogen-bond acceptors (Lipinski definition) is 4. The highest BCUT2D eigenvalue weighted by Crippen LogP contribution is 1.90. The number of likely N-dealkylation sites (N-methyl/N-ethyl adjacent to an activating group) is 2. The lowest BCUT2D eigenvalue weighted by Gasteiger charge is -2.26. The SMILES string of the molecule is CCNCC(N)N(CC)CCN. The first-order valence-corrected chi connectivity index (χ1v) is 4.66. The van der Waals surface area contributed by atoms with Crippen LogP contribution in [-0.4, -0.2) is 43.8 Å². The molecule has 1 unspecified atom stereocenters. The summed E-state index contributed by atoms with van der Waals surface area (Å²) in [5.41, 5.74) is 11.4. The van der Waals surface area contributed by atoms with E-state index < -0.39 is 0 Å². The van der Waals surface area contributed by atoms with Gasteiger partial charge < -0.3 is 16.8 Å². The molecule has 0 saturated carbocycles. The van der Waals surface area contributed by atoms with Crippen molar-refractivity contribution < 1.29 is 0 Å². The molecular weight excluding hydrogens is 152 g/mol. The summed E-state index contributed by atoms with van der Waals surface area (Å²) in [5.74, 6) is 0. The van der Waals surface area contributed by atoms with Crippen LogP contribution in [-0.2, 0) is 0 Å². The minimum Gasteiger partial charge on any atom is -0.329 e. The highest BCUT2D eigenvalue weighted by Gasteiger charge is 2.09. The molecule has 0 amide bonds. The maximum Gasteiger partial charge on any atom is 0.0700 e. The van der Waals surface area contributed by atoms with Crippen LogP contribution in [0.15, 0.2) is 0 Å². The van der Waals surface area contributed by atoms with E-state index in [0.717, 1.165) is 26.2 Å². The highest BCUT2D eigenvalue weighted by molar-refractivity contribution is 4.66. The topological polar surface area (TPSA) is 67.3 Å². The fourth-order valence-corrected chi connectivity index (χ4v) is 1.15. The molecule has 0 fully saturated rings. The Labute approximate surface area is 75.3 Å². The van der Waals surface area contributed by atoms with Gasteiger partial charge in [-0.1, -0.05) is 13.8 Å². The van der Waals surface area contributed by atoms with Crippen molar-refractivity contribution in [1.29, 1.82) is 0 Å². The van der Waals surface area contributed by atoms with E-state index in [0.29, 0.717) is 6.54 Å². The summed E-state index contributed by atoms with van der Waals surface area (Å²) in [7, 11) is 0. The molecule has 0 aromatic carbocycles. The molecule has 0 aliphatic carbocycles. The van der Waals surface area contributed by atoms with Crippen molar-refractivity contribution >= 4 is 0 Å². The Morgan fingerprint density at radius 3 is 2.50 bits per heavy atom. The molecule has 0 aliphatic heterocycles. The Bertz CT molecular complexity index is 97.1. The summed E-state index contributed by atoms with van der Waals surface area (Å²) >= 11 is 0. The fourth-order valence-electron chi connectivity index (χ4n) is 1.15. The molecule has 4 nitrogen and oxygen atoms in total. The molecule has 1 atom stereocenters. The van der Waals surface area contributed by atoms with E-state index in [4.69, 9.17) is 11.5 Å². The van der Waals surface area contributed by atoms with Crippen molar-refractivity contribution in [2.45, 2.75) is 20.0 Å². The smallest absolute Gasteiger partial charge is 0.0700 e. The quantitative estimate of drug-likeness (QED) is 0.440. The van der Waals surface area contributed by atoms with Gasteiger partial charge in [0.05, 0.1) is 6.17 Å². The van der Waals surface area contributed by atoms with Crippen molar-refractivity contribution in [3.05, 3.63) is 0 Å². The van der Waals surface area contributed by atoms with Crippen LogP contribution in [0.3, 0.4) is 0 Å². The van der Waals surface area contributed by atoms with E-state index in [1.807, 2.05) is 0 Å². The van der Waals surface area contributed by atoms with Gasteiger partial charge in [-0.2, -0.15) is 0 Å². The van der Waals surface area contributed by atoms with Crippen molar-refractivity contribution in [2.24, 2.45) is 11.5 Å². The van der Waals surface area contributed by atoms with Crippen LogP contribution in [0.1, 0.15) is 13.8 Å². The maximum atomic E-state index is 5.91. The molecule has 0 bridgehead atoms. The zero-order valence-corrected chi connectivity index (χ0v) is 8.21. The standard InChI is InChI=1S/C8H22N4/c1-3-11-7-8(10)12(4-2)6-5-9/h8,11H,3-7,9-10H2,1-2H3. The minimum atomic E-state index is 0.0958. The maximum absolute atomic E-state index is 5.91. The number of nitrogens with two attached hydrogens (primary N) is 2. The third-order valence-corrected chi connectivity index (χ3v) is 1.89. The molecule has 74 valence electrons. The van der Waals surface area contributed by atoms with E-state index in [1.165, 1.54) is 0 Å². The molecule has 0 rings (SSSR count). The van der Waals surface area contributed by atoms with Gasteiger partial charge in [0.1, 0.15) is 0 Å². The molecule has 0 aromatic rings. The van der Waals surface area contributed by atoms with Gasteiger partial charge >= 0.3 is 0 Å². The minimum absolute atomic E-state index is 0.0958. The lowest BCUT2D eigenvalue weighted by atomic mass is 10.4. The van der Waals surface area contributed by atoms with Gasteiger partial charge in [0.2, 0.25) is 0 Å². The normalized spacial score (nSPS) is 13.8. The molecule has 0 heterocycles. The number of nitrogens with zero attached hydrogens (tertiary/aromatic N) is 1. The van der Waals surface area contributed by atoms with Crippen LogP contribution in [0, 0.1) is 0 Å². The molecule has 0 spiro atoms. The van der Waals surface area contributed by atoms with Crippen LogP contribution in [0.5, 0.6) is 0 Å². The molecule has 0 radical (unpaired) electrons. The summed E-state index contributed by atoms with van der Waals surface area (Å²) in [5, 5.41) is 3.21. The molecule has 12 heavy (non-hydrogen) atoms. The van der Waals surface area contributed by atoms with Gasteiger partial charge in [-0.25, -0.2) is 0 Å². The average molecular weight is 174 g/mol. The zero-order chi connectivity index (χ0) is 9.40. The Morgan fingerprint density at radius 1 is 1.42 bits per heavy atom. The molecule has 0 aliphatic rings. The summed E-state index contributed by atoms with van der Waals surface area (Å²) < 4.78 is 0. The van der Waals surface area contributed by atoms with Crippen LogP contribution < -0.4 is 16.8 Å². The summed E-state index contributed by atoms with van der Waals surface area (Å²) in [6.45, 7) is 8.49. The molecule has 0 aromatic heterocycles. The summed E-state index contributed by atoms with van der Waals surface area (Å²) in [6, 6.07) is 0. The fraction of sp³-hybridized carbons (Fsp3) is 1.00. The van der Waals surface area contributed by atoms with Crippen LogP contribution in [0.25, 0.3) is 0 Å². The van der Waals surface area contributed by atoms with Gasteiger partial charge in [0.15, 0.2) is 0 Å². The van der Waals surface area contributed by atoms with Crippen molar-refractivity contribution in [2.75, 3.05) is 32.7 Å². The summed E-state index contributed by atoms with van der Waals surface area (Å²) in [6.07, 6.45) is 0.0958. The first kappa shape index (κ1) is 11.8. The van der Waals surface area contributed by atoms with E-state index >= 15 is 0 Å².